The molecule has 0 amide bonds. The summed E-state index contributed by atoms with van der Waals surface area (Å²) in [5, 5.41) is 0.333. The molecule has 5 rings (SSSR count). The first-order chi connectivity index (χ1) is 20.6. The Morgan fingerprint density at radius 2 is 1.72 bits per heavy atom. The second kappa shape index (κ2) is 12.4. The fourth-order valence-corrected chi connectivity index (χ4v) is 7.88. The minimum absolute atomic E-state index is 0.0320. The van der Waals surface area contributed by atoms with Crippen molar-refractivity contribution in [3.05, 3.63) is 92.9 Å². The number of hydrogen-bond acceptors (Lipinski definition) is 8. The molecule has 0 aliphatic carbocycles. The Labute approximate surface area is 251 Å². The maximum Gasteiger partial charge on any atom is 0.336 e. The first-order valence-electron chi connectivity index (χ1n) is 13.7. The highest BCUT2D eigenvalue weighted by Gasteiger charge is 2.27. The molecule has 0 saturated heterocycles. The molecule has 0 radical (unpaired) electrons. The number of aryl methyl sites for hydroxylation is 3. The van der Waals surface area contributed by atoms with Crippen molar-refractivity contribution in [2.75, 3.05) is 26.5 Å². The maximum absolute atomic E-state index is 13.9. The average molecular weight is 627 g/mol. The molecule has 3 heterocycles. The Morgan fingerprint density at radius 3 is 2.33 bits per heavy atom. The van der Waals surface area contributed by atoms with Gasteiger partial charge in [-0.05, 0) is 75.2 Å². The Hall–Kier alpha value is -3.83. The van der Waals surface area contributed by atoms with Gasteiger partial charge in [-0.2, -0.15) is 0 Å². The van der Waals surface area contributed by atoms with E-state index in [1.54, 1.807) is 27.3 Å². The summed E-state index contributed by atoms with van der Waals surface area (Å²) in [5.41, 5.74) is 2.17. The highest BCUT2D eigenvalue weighted by molar-refractivity contribution is 7.53. The normalized spacial score (nSPS) is 11.9. The van der Waals surface area contributed by atoms with Gasteiger partial charge in [0.2, 0.25) is 0 Å². The summed E-state index contributed by atoms with van der Waals surface area (Å²) in [5.74, 6) is 0.104. The number of ether oxygens (including phenoxy) is 1. The Bertz CT molecular complexity index is 1950. The number of hydrogen-bond donors (Lipinski definition) is 0. The van der Waals surface area contributed by atoms with Crippen molar-refractivity contribution in [3.63, 3.8) is 0 Å². The molecular formula is C30H32FN4O6PS. The molecule has 0 spiro atoms. The predicted molar refractivity (Wildman–Crippen MR) is 166 cm³/mol. The number of halogens is 1. The summed E-state index contributed by atoms with van der Waals surface area (Å²) in [4.78, 5) is 33.4. The number of thiophene rings is 1. The molecule has 13 heteroatoms. The van der Waals surface area contributed by atoms with E-state index < -0.39 is 24.7 Å². The zero-order chi connectivity index (χ0) is 30.9. The lowest BCUT2D eigenvalue weighted by atomic mass is 10.1. The van der Waals surface area contributed by atoms with Gasteiger partial charge in [0.05, 0.1) is 55.3 Å². The van der Waals surface area contributed by atoms with Gasteiger partial charge >= 0.3 is 13.3 Å². The smallest absolute Gasteiger partial charge is 0.336 e. The molecule has 0 saturated carbocycles. The number of aromatic nitrogens is 4. The largest absolute Gasteiger partial charge is 0.495 e. The average Bonchev–Trinajstić information content (AvgIpc) is 3.57. The summed E-state index contributed by atoms with van der Waals surface area (Å²) in [6.45, 7) is 7.48. The van der Waals surface area contributed by atoms with Crippen molar-refractivity contribution in [2.45, 2.75) is 34.2 Å². The Balaban J connectivity index is 1.72. The van der Waals surface area contributed by atoms with Gasteiger partial charge in [0.1, 0.15) is 16.4 Å². The van der Waals surface area contributed by atoms with Crippen LogP contribution in [0.3, 0.4) is 0 Å². The van der Waals surface area contributed by atoms with Crippen LogP contribution in [-0.2, 0) is 20.2 Å². The molecule has 0 aliphatic rings. The maximum atomic E-state index is 13.9. The number of imidazole rings is 1. The number of nitrogens with zero attached hydrogens (tertiary/aromatic N) is 4. The first-order valence-corrected chi connectivity index (χ1v) is 16.3. The van der Waals surface area contributed by atoms with E-state index in [2.05, 4.69) is 4.98 Å². The zero-order valence-corrected chi connectivity index (χ0v) is 26.2. The number of methoxy groups -OCH3 is 1. The highest BCUT2D eigenvalue weighted by atomic mass is 32.1. The third kappa shape index (κ3) is 5.88. The van der Waals surface area contributed by atoms with E-state index in [1.807, 2.05) is 42.8 Å². The molecule has 43 heavy (non-hydrogen) atoms. The van der Waals surface area contributed by atoms with Gasteiger partial charge in [0, 0.05) is 17.6 Å². The Kier molecular flexibility index (Phi) is 8.84. The molecule has 3 aromatic heterocycles. The number of rotatable bonds is 11. The third-order valence-electron chi connectivity index (χ3n) is 6.98. The number of benzene rings is 2. The second-order valence-corrected chi connectivity index (χ2v) is 13.0. The number of fused-ring (bicyclic) bond motifs is 1. The van der Waals surface area contributed by atoms with Crippen LogP contribution in [0, 0.1) is 19.7 Å². The monoisotopic (exact) mass is 626 g/mol. The van der Waals surface area contributed by atoms with Crippen molar-refractivity contribution in [1.29, 1.82) is 0 Å². The predicted octanol–water partition coefficient (Wildman–Crippen LogP) is 6.10. The van der Waals surface area contributed by atoms with Crippen molar-refractivity contribution in [2.24, 2.45) is 0 Å². The van der Waals surface area contributed by atoms with Crippen LogP contribution in [-0.4, -0.2) is 45.2 Å². The summed E-state index contributed by atoms with van der Waals surface area (Å²) >= 11 is 1.28. The van der Waals surface area contributed by atoms with Crippen molar-refractivity contribution < 1.29 is 22.7 Å². The molecule has 0 aliphatic heterocycles. The minimum atomic E-state index is -3.51. The van der Waals surface area contributed by atoms with E-state index in [9.17, 15) is 18.5 Å². The second-order valence-electron chi connectivity index (χ2n) is 9.77. The van der Waals surface area contributed by atoms with Crippen molar-refractivity contribution >= 4 is 29.1 Å². The summed E-state index contributed by atoms with van der Waals surface area (Å²) in [6, 6.07) is 10.8. The van der Waals surface area contributed by atoms with E-state index in [1.165, 1.54) is 40.2 Å². The van der Waals surface area contributed by atoms with E-state index in [4.69, 9.17) is 13.8 Å². The van der Waals surface area contributed by atoms with Crippen LogP contribution < -0.4 is 16.0 Å². The van der Waals surface area contributed by atoms with Gasteiger partial charge in [0.25, 0.3) is 5.56 Å². The quantitative estimate of drug-likeness (QED) is 0.163. The van der Waals surface area contributed by atoms with Crippen LogP contribution in [0.25, 0.3) is 32.0 Å². The Morgan fingerprint density at radius 1 is 1.02 bits per heavy atom. The van der Waals surface area contributed by atoms with Gasteiger partial charge in [-0.25, -0.2) is 18.7 Å². The van der Waals surface area contributed by atoms with Crippen LogP contribution in [0.4, 0.5) is 4.39 Å². The summed E-state index contributed by atoms with van der Waals surface area (Å²) in [7, 11) is -1.93. The van der Waals surface area contributed by atoms with Crippen molar-refractivity contribution in [1.82, 2.24) is 18.7 Å². The molecule has 0 bridgehead atoms. The van der Waals surface area contributed by atoms with Crippen molar-refractivity contribution in [3.8, 4) is 27.6 Å². The van der Waals surface area contributed by atoms with Gasteiger partial charge < -0.3 is 18.4 Å². The zero-order valence-electron chi connectivity index (χ0n) is 24.5. The SMILES string of the molecule is CCOP(=O)(CCn1c(=O)n(-c2ccc(F)cc2)c(=O)c2c(C)c(-c3ccc(-n4cnc(C)c4)c(OC)c3)sc21)OCC. The van der Waals surface area contributed by atoms with E-state index in [0.717, 1.165) is 26.4 Å². The fourth-order valence-electron chi connectivity index (χ4n) is 5.00. The summed E-state index contributed by atoms with van der Waals surface area (Å²) < 4.78 is 48.0. The van der Waals surface area contributed by atoms with Crippen LogP contribution in [0.2, 0.25) is 0 Å². The van der Waals surface area contributed by atoms with Gasteiger partial charge in [0.15, 0.2) is 0 Å². The standard InChI is InChI=1S/C30H32FN4O6PS/c1-6-40-42(38,41-7-2)15-14-34-29-26(28(36)35(30(34)37)23-11-9-22(31)10-12-23)20(4)27(43-29)21-8-13-24(25(16-21)39-5)33-17-19(3)32-18-33/h8-13,16-18H,6-7,14-15H2,1-5H3. The molecule has 0 N–H and O–H groups in total. The lowest BCUT2D eigenvalue weighted by Crippen LogP contribution is -2.39. The van der Waals surface area contributed by atoms with Crippen LogP contribution in [0.1, 0.15) is 25.1 Å². The topological polar surface area (TPSA) is 107 Å². The summed E-state index contributed by atoms with van der Waals surface area (Å²) in [6.07, 6.45) is 3.52. The molecule has 2 aromatic carbocycles. The van der Waals surface area contributed by atoms with Gasteiger partial charge in [-0.3, -0.25) is 13.9 Å². The molecular weight excluding hydrogens is 594 g/mol. The first kappa shape index (κ1) is 30.6. The van der Waals surface area contributed by atoms with Gasteiger partial charge in [-0.15, -0.1) is 11.3 Å². The lowest BCUT2D eigenvalue weighted by Gasteiger charge is -2.18. The molecule has 0 fully saturated rings. The van der Waals surface area contributed by atoms with Crippen LogP contribution in [0.15, 0.2) is 64.6 Å². The minimum Gasteiger partial charge on any atom is -0.495 e. The third-order valence-corrected chi connectivity index (χ3v) is 10.4. The van der Waals surface area contributed by atoms with Gasteiger partial charge in [-0.1, -0.05) is 6.07 Å². The molecule has 5 aromatic rings. The molecule has 226 valence electrons. The van der Waals surface area contributed by atoms with Crippen LogP contribution in [0.5, 0.6) is 5.75 Å². The van der Waals surface area contributed by atoms with E-state index >= 15 is 0 Å². The fraction of sp³-hybridized carbons (Fsp3) is 0.300. The van der Waals surface area contributed by atoms with E-state index in [-0.39, 0.29) is 31.6 Å². The highest BCUT2D eigenvalue weighted by Crippen LogP contribution is 2.48. The van der Waals surface area contributed by atoms with Crippen LogP contribution >= 0.6 is 18.9 Å². The van der Waals surface area contributed by atoms with E-state index in [0.29, 0.717) is 21.5 Å². The molecule has 10 nitrogen and oxygen atoms in total. The molecule has 0 atom stereocenters. The molecule has 0 unspecified atom stereocenters. The lowest BCUT2D eigenvalue weighted by molar-refractivity contribution is 0.219.